The lowest BCUT2D eigenvalue weighted by Crippen LogP contribution is -2.42. The van der Waals surface area contributed by atoms with Gasteiger partial charge in [-0.15, -0.1) is 0 Å². The number of alkyl halides is 1. The molecule has 2 rings (SSSR count). The van der Waals surface area contributed by atoms with Crippen molar-refractivity contribution in [2.75, 3.05) is 0 Å². The molecule has 0 radical (unpaired) electrons. The van der Waals surface area contributed by atoms with Crippen LogP contribution in [0.15, 0.2) is 22.7 Å². The highest BCUT2D eigenvalue weighted by atomic mass is 79.9. The summed E-state index contributed by atoms with van der Waals surface area (Å²) in [6.45, 7) is 2.98. The molecule has 0 aromatic heterocycles. The zero-order valence-corrected chi connectivity index (χ0v) is 12.1. The molecule has 4 heteroatoms. The van der Waals surface area contributed by atoms with Gasteiger partial charge in [0.15, 0.2) is 0 Å². The quantitative estimate of drug-likeness (QED) is 0.909. The van der Waals surface area contributed by atoms with Gasteiger partial charge in [0.25, 0.3) is 0 Å². The lowest BCUT2D eigenvalue weighted by atomic mass is 9.64. The van der Waals surface area contributed by atoms with Crippen LogP contribution in [0.4, 0.5) is 4.39 Å². The lowest BCUT2D eigenvalue weighted by Gasteiger charge is -2.38. The van der Waals surface area contributed by atoms with E-state index < -0.39 is 17.1 Å². The Kier molecular flexibility index (Phi) is 3.26. The number of benzene rings is 1. The highest BCUT2D eigenvalue weighted by Gasteiger charge is 2.46. The van der Waals surface area contributed by atoms with E-state index in [1.807, 2.05) is 0 Å². The second kappa shape index (κ2) is 4.34. The lowest BCUT2D eigenvalue weighted by molar-refractivity contribution is -0.147. The molecule has 1 saturated carbocycles. The summed E-state index contributed by atoms with van der Waals surface area (Å²) in [5.41, 5.74) is -0.887. The van der Waals surface area contributed by atoms with Crippen LogP contribution in [0.3, 0.4) is 0 Å². The van der Waals surface area contributed by atoms with Crippen molar-refractivity contribution >= 4 is 21.9 Å². The number of carbonyl (C=O) groups is 1. The highest BCUT2D eigenvalue weighted by molar-refractivity contribution is 9.10. The van der Waals surface area contributed by atoms with E-state index >= 15 is 0 Å². The summed E-state index contributed by atoms with van der Waals surface area (Å²) in [7, 11) is 0. The maximum atomic E-state index is 13.9. The Labute approximate surface area is 114 Å². The standard InChI is InChI=1S/C14H16BrFO2/c1-13(2,16)10-5-4-9(8-11(10)15)14(12(17)18)6-3-7-14/h4-5,8H,3,6-7H2,1-2H3,(H,17,18). The van der Waals surface area contributed by atoms with E-state index in [0.717, 1.165) is 12.0 Å². The zero-order valence-electron chi connectivity index (χ0n) is 10.5. The maximum Gasteiger partial charge on any atom is 0.314 e. The molecule has 0 unspecified atom stereocenters. The Bertz CT molecular complexity index is 487. The molecule has 0 aliphatic heterocycles. The van der Waals surface area contributed by atoms with E-state index in [1.54, 1.807) is 18.2 Å². The Morgan fingerprint density at radius 2 is 2.06 bits per heavy atom. The average Bonchev–Trinajstić information content (AvgIpc) is 2.12. The van der Waals surface area contributed by atoms with Crippen molar-refractivity contribution in [2.45, 2.75) is 44.2 Å². The first-order chi connectivity index (χ1) is 8.27. The van der Waals surface area contributed by atoms with Crippen LogP contribution >= 0.6 is 15.9 Å². The fourth-order valence-electron chi connectivity index (χ4n) is 2.45. The van der Waals surface area contributed by atoms with Gasteiger partial charge in [-0.25, -0.2) is 4.39 Å². The third-order valence-corrected chi connectivity index (χ3v) is 4.43. The summed E-state index contributed by atoms with van der Waals surface area (Å²) < 4.78 is 14.6. The van der Waals surface area contributed by atoms with E-state index in [9.17, 15) is 14.3 Å². The van der Waals surface area contributed by atoms with Gasteiger partial charge in [0.05, 0.1) is 5.41 Å². The molecule has 1 fully saturated rings. The molecule has 1 N–H and O–H groups in total. The number of carboxylic acid groups (broad SMARTS) is 1. The van der Waals surface area contributed by atoms with E-state index in [4.69, 9.17) is 0 Å². The van der Waals surface area contributed by atoms with Crippen LogP contribution in [0, 0.1) is 0 Å². The second-order valence-corrected chi connectivity index (χ2v) is 6.26. The van der Waals surface area contributed by atoms with E-state index in [2.05, 4.69) is 15.9 Å². The van der Waals surface area contributed by atoms with Crippen LogP contribution < -0.4 is 0 Å². The third-order valence-electron chi connectivity index (χ3n) is 3.78. The van der Waals surface area contributed by atoms with E-state index in [-0.39, 0.29) is 0 Å². The average molecular weight is 315 g/mol. The first kappa shape index (κ1) is 13.5. The number of halogens is 2. The second-order valence-electron chi connectivity index (χ2n) is 5.41. The van der Waals surface area contributed by atoms with Crippen LogP contribution in [0.2, 0.25) is 0 Å². The molecule has 0 amide bonds. The number of hydrogen-bond donors (Lipinski definition) is 1. The minimum absolute atomic E-state index is 0.547. The van der Waals surface area contributed by atoms with Gasteiger partial charge in [-0.2, -0.15) is 0 Å². The van der Waals surface area contributed by atoms with Crippen LogP contribution in [0.5, 0.6) is 0 Å². The minimum atomic E-state index is -1.44. The fourth-order valence-corrected chi connectivity index (χ4v) is 3.30. The Hall–Kier alpha value is -0.900. The molecule has 0 heterocycles. The molecule has 0 bridgehead atoms. The normalized spacial score (nSPS) is 18.2. The monoisotopic (exact) mass is 314 g/mol. The number of carboxylic acids is 1. The number of aliphatic carboxylic acids is 1. The van der Waals surface area contributed by atoms with Crippen LogP contribution in [-0.2, 0) is 15.9 Å². The van der Waals surface area contributed by atoms with Crippen molar-refractivity contribution in [3.63, 3.8) is 0 Å². The molecular weight excluding hydrogens is 299 g/mol. The maximum absolute atomic E-state index is 13.9. The van der Waals surface area contributed by atoms with Gasteiger partial charge >= 0.3 is 5.97 Å². The molecular formula is C14H16BrFO2. The summed E-state index contributed by atoms with van der Waals surface area (Å²) >= 11 is 3.34. The Morgan fingerprint density at radius 1 is 1.44 bits per heavy atom. The molecule has 98 valence electrons. The van der Waals surface area contributed by atoms with Gasteiger partial charge in [0.2, 0.25) is 0 Å². The molecule has 1 aromatic carbocycles. The first-order valence-electron chi connectivity index (χ1n) is 6.00. The molecule has 1 aromatic rings. The van der Waals surface area contributed by atoms with Gasteiger partial charge in [-0.1, -0.05) is 34.5 Å². The summed E-state index contributed by atoms with van der Waals surface area (Å²) in [6.07, 6.45) is 2.25. The molecule has 2 nitrogen and oxygen atoms in total. The van der Waals surface area contributed by atoms with Gasteiger partial charge < -0.3 is 5.11 Å². The molecule has 0 atom stereocenters. The smallest absolute Gasteiger partial charge is 0.314 e. The number of hydrogen-bond acceptors (Lipinski definition) is 1. The van der Waals surface area contributed by atoms with Crippen molar-refractivity contribution in [2.24, 2.45) is 0 Å². The minimum Gasteiger partial charge on any atom is -0.481 e. The van der Waals surface area contributed by atoms with Crippen LogP contribution in [0.25, 0.3) is 0 Å². The summed E-state index contributed by atoms with van der Waals surface area (Å²) in [5, 5.41) is 9.37. The highest BCUT2D eigenvalue weighted by Crippen LogP contribution is 2.45. The van der Waals surface area contributed by atoms with E-state index in [1.165, 1.54) is 13.8 Å². The molecule has 1 aliphatic carbocycles. The van der Waals surface area contributed by atoms with Crippen molar-refractivity contribution in [3.8, 4) is 0 Å². The van der Waals surface area contributed by atoms with Crippen molar-refractivity contribution in [1.29, 1.82) is 0 Å². The third kappa shape index (κ3) is 2.07. The Morgan fingerprint density at radius 3 is 2.39 bits per heavy atom. The number of rotatable bonds is 3. The fraction of sp³-hybridized carbons (Fsp3) is 0.500. The van der Waals surface area contributed by atoms with Gasteiger partial charge in [-0.05, 0) is 38.3 Å². The Balaban J connectivity index is 2.44. The van der Waals surface area contributed by atoms with E-state index in [0.29, 0.717) is 22.9 Å². The zero-order chi connectivity index (χ0) is 13.6. The van der Waals surface area contributed by atoms with Crippen molar-refractivity contribution in [3.05, 3.63) is 33.8 Å². The van der Waals surface area contributed by atoms with Gasteiger partial charge in [0.1, 0.15) is 5.67 Å². The molecule has 0 spiro atoms. The molecule has 1 aliphatic rings. The topological polar surface area (TPSA) is 37.3 Å². The van der Waals surface area contributed by atoms with Crippen molar-refractivity contribution in [1.82, 2.24) is 0 Å². The van der Waals surface area contributed by atoms with Gasteiger partial charge in [0, 0.05) is 10.0 Å². The summed E-state index contributed by atoms with van der Waals surface area (Å²) in [6, 6.07) is 5.18. The summed E-state index contributed by atoms with van der Waals surface area (Å²) in [4.78, 5) is 11.4. The van der Waals surface area contributed by atoms with Crippen LogP contribution in [-0.4, -0.2) is 11.1 Å². The van der Waals surface area contributed by atoms with Gasteiger partial charge in [-0.3, -0.25) is 4.79 Å². The van der Waals surface area contributed by atoms with Crippen molar-refractivity contribution < 1.29 is 14.3 Å². The predicted molar refractivity (Wildman–Crippen MR) is 71.4 cm³/mol. The predicted octanol–water partition coefficient (Wildman–Crippen LogP) is 4.16. The SMILES string of the molecule is CC(C)(F)c1ccc(C2(C(=O)O)CCC2)cc1Br. The summed E-state index contributed by atoms with van der Waals surface area (Å²) in [5.74, 6) is -0.784. The molecule has 18 heavy (non-hydrogen) atoms. The van der Waals surface area contributed by atoms with Crippen LogP contribution in [0.1, 0.15) is 44.2 Å². The largest absolute Gasteiger partial charge is 0.481 e. The first-order valence-corrected chi connectivity index (χ1v) is 6.79. The molecule has 0 saturated heterocycles.